The van der Waals surface area contributed by atoms with Crippen molar-refractivity contribution < 1.29 is 9.13 Å². The number of hydrogen-bond donors (Lipinski definition) is 0. The number of nitrogens with zero attached hydrogens (tertiary/aromatic N) is 4. The Hall–Kier alpha value is -2.38. The van der Waals surface area contributed by atoms with Gasteiger partial charge in [0.25, 0.3) is 0 Å². The van der Waals surface area contributed by atoms with Crippen molar-refractivity contribution in [1.29, 1.82) is 0 Å². The Morgan fingerprint density at radius 3 is 2.59 bits per heavy atom. The predicted molar refractivity (Wildman–Crippen MR) is 105 cm³/mol. The van der Waals surface area contributed by atoms with Gasteiger partial charge in [-0.2, -0.15) is 0 Å². The summed E-state index contributed by atoms with van der Waals surface area (Å²) in [6.07, 6.45) is 0. The highest BCUT2D eigenvalue weighted by molar-refractivity contribution is 7.98. The highest BCUT2D eigenvalue weighted by atomic mass is 32.2. The second kappa shape index (κ2) is 8.10. The van der Waals surface area contributed by atoms with Gasteiger partial charge in [-0.05, 0) is 30.7 Å². The largest absolute Gasteiger partial charge is 0.378 e. The minimum atomic E-state index is -0.274. The zero-order valence-corrected chi connectivity index (χ0v) is 16.0. The summed E-state index contributed by atoms with van der Waals surface area (Å²) in [7, 11) is 0. The van der Waals surface area contributed by atoms with Gasteiger partial charge in [0, 0.05) is 18.8 Å². The molecule has 0 N–H and O–H groups in total. The molecule has 2 heterocycles. The number of aromatic nitrogens is 3. The molecule has 0 saturated carbocycles. The number of benzene rings is 2. The second-order valence-electron chi connectivity index (χ2n) is 6.47. The molecular weight excluding hydrogens is 363 g/mol. The highest BCUT2D eigenvalue weighted by Crippen LogP contribution is 2.29. The number of halogens is 1. The van der Waals surface area contributed by atoms with Crippen LogP contribution in [0.1, 0.15) is 11.1 Å². The Balaban J connectivity index is 1.65. The van der Waals surface area contributed by atoms with Gasteiger partial charge in [-0.3, -0.25) is 4.57 Å². The molecule has 1 saturated heterocycles. The van der Waals surface area contributed by atoms with Crippen LogP contribution < -0.4 is 4.90 Å². The first-order valence-electron chi connectivity index (χ1n) is 8.93. The lowest BCUT2D eigenvalue weighted by Crippen LogP contribution is -2.37. The topological polar surface area (TPSA) is 43.2 Å². The number of morpholine rings is 1. The number of anilines is 1. The number of ether oxygens (including phenoxy) is 1. The van der Waals surface area contributed by atoms with E-state index in [1.165, 1.54) is 23.3 Å². The van der Waals surface area contributed by atoms with Crippen molar-refractivity contribution in [3.8, 4) is 5.69 Å². The fourth-order valence-electron chi connectivity index (χ4n) is 3.00. The van der Waals surface area contributed by atoms with Crippen molar-refractivity contribution in [2.24, 2.45) is 0 Å². The van der Waals surface area contributed by atoms with Crippen molar-refractivity contribution in [3.63, 3.8) is 0 Å². The zero-order chi connectivity index (χ0) is 18.6. The van der Waals surface area contributed by atoms with Crippen molar-refractivity contribution in [3.05, 3.63) is 65.5 Å². The molecule has 1 aliphatic rings. The Morgan fingerprint density at radius 1 is 1.07 bits per heavy atom. The molecule has 0 aliphatic carbocycles. The Kier molecular flexibility index (Phi) is 5.40. The van der Waals surface area contributed by atoms with Gasteiger partial charge in [0.15, 0.2) is 5.16 Å². The van der Waals surface area contributed by atoms with Gasteiger partial charge >= 0.3 is 0 Å². The van der Waals surface area contributed by atoms with Gasteiger partial charge in [-0.25, -0.2) is 4.39 Å². The van der Waals surface area contributed by atoms with Crippen LogP contribution in [-0.2, 0) is 10.5 Å². The summed E-state index contributed by atoms with van der Waals surface area (Å²) in [5.74, 6) is 1.23. The minimum Gasteiger partial charge on any atom is -0.378 e. The summed E-state index contributed by atoms with van der Waals surface area (Å²) < 4.78 is 21.2. The third-order valence-corrected chi connectivity index (χ3v) is 5.47. The van der Waals surface area contributed by atoms with Gasteiger partial charge in [0.1, 0.15) is 5.82 Å². The molecule has 0 bridgehead atoms. The first-order chi connectivity index (χ1) is 13.2. The number of hydrogen-bond acceptors (Lipinski definition) is 5. The van der Waals surface area contributed by atoms with E-state index in [1.54, 1.807) is 17.8 Å². The van der Waals surface area contributed by atoms with Gasteiger partial charge in [-0.15, -0.1) is 10.2 Å². The second-order valence-corrected chi connectivity index (χ2v) is 7.41. The van der Waals surface area contributed by atoms with Crippen LogP contribution in [0.3, 0.4) is 0 Å². The summed E-state index contributed by atoms with van der Waals surface area (Å²) in [5, 5.41) is 9.57. The Bertz CT molecular complexity index is 907. The summed E-state index contributed by atoms with van der Waals surface area (Å²) >= 11 is 1.60. The van der Waals surface area contributed by atoms with E-state index in [0.29, 0.717) is 13.2 Å². The van der Waals surface area contributed by atoms with Crippen molar-refractivity contribution in [2.75, 3.05) is 31.2 Å². The van der Waals surface area contributed by atoms with Crippen molar-refractivity contribution in [2.45, 2.75) is 17.8 Å². The normalized spacial score (nSPS) is 14.5. The zero-order valence-electron chi connectivity index (χ0n) is 15.1. The molecular formula is C20H21FN4OS. The van der Waals surface area contributed by atoms with E-state index in [0.717, 1.165) is 35.6 Å². The monoisotopic (exact) mass is 384 g/mol. The average Bonchev–Trinajstić information content (AvgIpc) is 3.12. The lowest BCUT2D eigenvalue weighted by Gasteiger charge is -2.27. The Morgan fingerprint density at radius 2 is 1.85 bits per heavy atom. The highest BCUT2D eigenvalue weighted by Gasteiger charge is 2.22. The first-order valence-corrected chi connectivity index (χ1v) is 9.92. The van der Waals surface area contributed by atoms with Crippen molar-refractivity contribution >= 4 is 17.7 Å². The molecule has 140 valence electrons. The molecule has 0 radical (unpaired) electrons. The number of rotatable bonds is 5. The summed E-state index contributed by atoms with van der Waals surface area (Å²) in [6.45, 7) is 4.88. The molecule has 0 amide bonds. The number of thioether (sulfide) groups is 1. The maximum Gasteiger partial charge on any atom is 0.232 e. The third-order valence-electron chi connectivity index (χ3n) is 4.47. The maximum absolute atomic E-state index is 13.9. The van der Waals surface area contributed by atoms with Crippen LogP contribution in [0.2, 0.25) is 0 Å². The average molecular weight is 384 g/mol. The van der Waals surface area contributed by atoms with E-state index in [9.17, 15) is 4.39 Å². The molecule has 1 fully saturated rings. The van der Waals surface area contributed by atoms with Crippen LogP contribution in [-0.4, -0.2) is 41.1 Å². The molecule has 1 aliphatic heterocycles. The van der Waals surface area contributed by atoms with Crippen LogP contribution in [0.25, 0.3) is 5.69 Å². The van der Waals surface area contributed by atoms with Gasteiger partial charge < -0.3 is 9.64 Å². The molecule has 0 spiro atoms. The number of aryl methyl sites for hydroxylation is 1. The molecule has 3 aromatic rings. The summed E-state index contributed by atoms with van der Waals surface area (Å²) in [5.41, 5.74) is 3.18. The Labute approximate surface area is 162 Å². The van der Waals surface area contributed by atoms with E-state index >= 15 is 0 Å². The van der Waals surface area contributed by atoms with E-state index in [2.05, 4.69) is 46.3 Å². The van der Waals surface area contributed by atoms with Crippen LogP contribution in [0.5, 0.6) is 0 Å². The molecule has 7 heteroatoms. The van der Waals surface area contributed by atoms with Crippen LogP contribution in [0.15, 0.2) is 53.7 Å². The molecule has 27 heavy (non-hydrogen) atoms. The molecule has 0 atom stereocenters. The fourth-order valence-corrected chi connectivity index (χ4v) is 3.90. The smallest absolute Gasteiger partial charge is 0.232 e. The molecule has 4 rings (SSSR count). The molecule has 5 nitrogen and oxygen atoms in total. The van der Waals surface area contributed by atoms with Gasteiger partial charge in [0.2, 0.25) is 5.95 Å². The predicted octanol–water partition coefficient (Wildman–Crippen LogP) is 3.84. The van der Waals surface area contributed by atoms with Crippen LogP contribution in [0.4, 0.5) is 10.3 Å². The van der Waals surface area contributed by atoms with E-state index in [-0.39, 0.29) is 5.82 Å². The SMILES string of the molecule is Cc1ccc(CSc2nnc(N3CCOCC3)n2-c2cccc(F)c2)cc1. The maximum atomic E-state index is 13.9. The van der Waals surface area contributed by atoms with Gasteiger partial charge in [-0.1, -0.05) is 47.7 Å². The molecule has 1 aromatic heterocycles. The quantitative estimate of drug-likeness (QED) is 0.625. The van der Waals surface area contributed by atoms with Crippen molar-refractivity contribution in [1.82, 2.24) is 14.8 Å². The van der Waals surface area contributed by atoms with Gasteiger partial charge in [0.05, 0.1) is 18.9 Å². The molecule has 2 aromatic carbocycles. The summed E-state index contributed by atoms with van der Waals surface area (Å²) in [6, 6.07) is 15.0. The third kappa shape index (κ3) is 4.14. The van der Waals surface area contributed by atoms with E-state index in [1.807, 2.05) is 10.6 Å². The fraction of sp³-hybridized carbons (Fsp3) is 0.300. The van der Waals surface area contributed by atoms with E-state index in [4.69, 9.17) is 4.74 Å². The first kappa shape index (κ1) is 18.0. The van der Waals surface area contributed by atoms with Crippen LogP contribution in [0, 0.1) is 12.7 Å². The standard InChI is InChI=1S/C20H21FN4OS/c1-15-5-7-16(8-6-15)14-27-20-23-22-19(24-9-11-26-12-10-24)25(20)18-4-2-3-17(21)13-18/h2-8,13H,9-12,14H2,1H3. The molecule has 0 unspecified atom stereocenters. The lowest BCUT2D eigenvalue weighted by molar-refractivity contribution is 0.122. The van der Waals surface area contributed by atoms with E-state index < -0.39 is 0 Å². The van der Waals surface area contributed by atoms with Crippen LogP contribution >= 0.6 is 11.8 Å². The summed E-state index contributed by atoms with van der Waals surface area (Å²) in [4.78, 5) is 2.14. The lowest BCUT2D eigenvalue weighted by atomic mass is 10.2. The minimum absolute atomic E-state index is 0.274.